The minimum Gasteiger partial charge on any atom is -0.478 e. The second kappa shape index (κ2) is 4.87. The Morgan fingerprint density at radius 3 is 2.55 bits per heavy atom. The van der Waals surface area contributed by atoms with Crippen molar-refractivity contribution in [1.29, 1.82) is 0 Å². The molecule has 0 radical (unpaired) electrons. The zero-order valence-corrected chi connectivity index (χ0v) is 10.3. The van der Waals surface area contributed by atoms with Crippen LogP contribution >= 0.6 is 0 Å². The lowest BCUT2D eigenvalue weighted by molar-refractivity contribution is -0.138. The van der Waals surface area contributed by atoms with Crippen LogP contribution in [-0.4, -0.2) is 20.9 Å². The zero-order valence-electron chi connectivity index (χ0n) is 10.3. The third kappa shape index (κ3) is 2.90. The third-order valence-corrected chi connectivity index (χ3v) is 2.55. The van der Waals surface area contributed by atoms with Crippen LogP contribution in [0, 0.1) is 0 Å². The molecule has 0 aliphatic carbocycles. The van der Waals surface area contributed by atoms with E-state index >= 15 is 0 Å². The van der Waals surface area contributed by atoms with E-state index in [0.717, 1.165) is 12.1 Å². The number of aromatic carboxylic acids is 1. The molecule has 0 spiro atoms. The number of anilines is 2. The summed E-state index contributed by atoms with van der Waals surface area (Å²) in [5.41, 5.74) is -1.19. The van der Waals surface area contributed by atoms with Gasteiger partial charge in [0, 0.05) is 18.9 Å². The van der Waals surface area contributed by atoms with Crippen LogP contribution in [-0.2, 0) is 13.2 Å². The molecule has 1 heterocycles. The van der Waals surface area contributed by atoms with Crippen LogP contribution in [0.4, 0.5) is 24.5 Å². The van der Waals surface area contributed by atoms with Crippen molar-refractivity contribution >= 4 is 17.3 Å². The van der Waals surface area contributed by atoms with Crippen molar-refractivity contribution in [3.05, 3.63) is 41.7 Å². The first-order valence-corrected chi connectivity index (χ1v) is 5.47. The first kappa shape index (κ1) is 13.9. The fourth-order valence-corrected chi connectivity index (χ4v) is 1.70. The van der Waals surface area contributed by atoms with Gasteiger partial charge in [0.05, 0.1) is 23.0 Å². The molecule has 0 atom stereocenters. The van der Waals surface area contributed by atoms with Crippen LogP contribution in [0.5, 0.6) is 0 Å². The van der Waals surface area contributed by atoms with Crippen molar-refractivity contribution in [2.45, 2.75) is 6.18 Å². The Labute approximate surface area is 111 Å². The van der Waals surface area contributed by atoms with E-state index in [9.17, 15) is 18.0 Å². The smallest absolute Gasteiger partial charge is 0.417 e. The number of carboxylic acid groups (broad SMARTS) is 1. The van der Waals surface area contributed by atoms with Gasteiger partial charge in [0.2, 0.25) is 0 Å². The number of nitrogens with one attached hydrogen (secondary N) is 1. The van der Waals surface area contributed by atoms with E-state index in [1.54, 1.807) is 13.2 Å². The first-order valence-electron chi connectivity index (χ1n) is 5.47. The molecule has 0 bridgehead atoms. The summed E-state index contributed by atoms with van der Waals surface area (Å²) in [6.07, 6.45) is -1.63. The highest BCUT2D eigenvalue weighted by Gasteiger charge is 2.35. The fourth-order valence-electron chi connectivity index (χ4n) is 1.70. The number of aromatic nitrogens is 2. The average Bonchev–Trinajstić information content (AvgIpc) is 2.73. The van der Waals surface area contributed by atoms with Gasteiger partial charge in [-0.25, -0.2) is 4.79 Å². The maximum absolute atomic E-state index is 12.7. The van der Waals surface area contributed by atoms with E-state index < -0.39 is 23.3 Å². The number of benzene rings is 1. The highest BCUT2D eigenvalue weighted by Crippen LogP contribution is 2.33. The molecule has 0 amide bonds. The predicted molar refractivity (Wildman–Crippen MR) is 64.9 cm³/mol. The van der Waals surface area contributed by atoms with E-state index in [1.165, 1.54) is 16.9 Å². The molecular weight excluding hydrogens is 275 g/mol. The molecule has 106 valence electrons. The molecule has 0 saturated carbocycles. The summed E-state index contributed by atoms with van der Waals surface area (Å²) in [6, 6.07) is 2.85. The topological polar surface area (TPSA) is 67.2 Å². The molecule has 1 aromatic carbocycles. The van der Waals surface area contributed by atoms with Crippen molar-refractivity contribution in [1.82, 2.24) is 9.78 Å². The first-order chi connectivity index (χ1) is 9.27. The Hall–Kier alpha value is -2.51. The minimum absolute atomic E-state index is 0.239. The van der Waals surface area contributed by atoms with Gasteiger partial charge in [-0.1, -0.05) is 0 Å². The largest absolute Gasteiger partial charge is 0.478 e. The molecule has 20 heavy (non-hydrogen) atoms. The average molecular weight is 285 g/mol. The Morgan fingerprint density at radius 1 is 1.35 bits per heavy atom. The summed E-state index contributed by atoms with van der Waals surface area (Å²) in [4.78, 5) is 10.9. The van der Waals surface area contributed by atoms with Gasteiger partial charge >= 0.3 is 12.1 Å². The molecule has 2 N–H and O–H groups in total. The Balaban J connectivity index is 2.38. The summed E-state index contributed by atoms with van der Waals surface area (Å²) in [7, 11) is 1.68. The number of carboxylic acids is 1. The van der Waals surface area contributed by atoms with E-state index in [4.69, 9.17) is 5.11 Å². The number of hydrogen-bond acceptors (Lipinski definition) is 3. The fraction of sp³-hybridized carbons (Fsp3) is 0.167. The van der Waals surface area contributed by atoms with Gasteiger partial charge in [-0.15, -0.1) is 0 Å². The second-order valence-corrected chi connectivity index (χ2v) is 4.09. The number of nitrogens with zero attached hydrogens (tertiary/aromatic N) is 2. The molecule has 5 nitrogen and oxygen atoms in total. The Kier molecular flexibility index (Phi) is 3.39. The van der Waals surface area contributed by atoms with Gasteiger partial charge < -0.3 is 10.4 Å². The Morgan fingerprint density at radius 2 is 2.05 bits per heavy atom. The van der Waals surface area contributed by atoms with Gasteiger partial charge in [0.1, 0.15) is 0 Å². The zero-order chi connectivity index (χ0) is 14.9. The van der Waals surface area contributed by atoms with Gasteiger partial charge in [-0.3, -0.25) is 4.68 Å². The second-order valence-electron chi connectivity index (χ2n) is 4.09. The predicted octanol–water partition coefficient (Wildman–Crippen LogP) is 2.88. The van der Waals surface area contributed by atoms with Gasteiger partial charge in [0.15, 0.2) is 0 Å². The van der Waals surface area contributed by atoms with Crippen molar-refractivity contribution in [2.75, 3.05) is 5.32 Å². The van der Waals surface area contributed by atoms with E-state index in [2.05, 4.69) is 10.4 Å². The summed E-state index contributed by atoms with van der Waals surface area (Å²) in [5, 5.41) is 15.5. The number of alkyl halides is 3. The van der Waals surface area contributed by atoms with Crippen LogP contribution in [0.1, 0.15) is 15.9 Å². The number of rotatable bonds is 3. The number of hydrogen-bond donors (Lipinski definition) is 2. The number of aryl methyl sites for hydroxylation is 1. The van der Waals surface area contributed by atoms with Crippen LogP contribution in [0.3, 0.4) is 0 Å². The minimum atomic E-state index is -4.71. The van der Waals surface area contributed by atoms with Gasteiger partial charge in [-0.2, -0.15) is 18.3 Å². The maximum atomic E-state index is 12.7. The molecule has 0 unspecified atom stereocenters. The molecule has 0 aliphatic heterocycles. The van der Waals surface area contributed by atoms with Crippen molar-refractivity contribution in [3.63, 3.8) is 0 Å². The molecule has 1 aromatic heterocycles. The molecule has 0 aliphatic rings. The van der Waals surface area contributed by atoms with Crippen LogP contribution in [0.15, 0.2) is 30.6 Å². The van der Waals surface area contributed by atoms with Crippen molar-refractivity contribution in [3.8, 4) is 0 Å². The molecule has 2 aromatic rings. The van der Waals surface area contributed by atoms with Gasteiger partial charge in [0.25, 0.3) is 0 Å². The number of halogens is 3. The summed E-state index contributed by atoms with van der Waals surface area (Å²) in [6.45, 7) is 0. The lowest BCUT2D eigenvalue weighted by atomic mass is 10.1. The highest BCUT2D eigenvalue weighted by molar-refractivity contribution is 5.91. The van der Waals surface area contributed by atoms with Gasteiger partial charge in [-0.05, 0) is 18.2 Å². The standard InChI is InChI=1S/C12H10F3N3O2/c1-18-6-8(5-16-18)17-7-2-3-10(12(13,14)15)9(4-7)11(19)20/h2-6,17H,1H3,(H,19,20). The Bertz CT molecular complexity index is 650. The van der Waals surface area contributed by atoms with Crippen LogP contribution < -0.4 is 5.32 Å². The third-order valence-electron chi connectivity index (χ3n) is 2.55. The summed E-state index contributed by atoms with van der Waals surface area (Å²) >= 11 is 0. The molecule has 8 heteroatoms. The van der Waals surface area contributed by atoms with Crippen molar-refractivity contribution < 1.29 is 23.1 Å². The quantitative estimate of drug-likeness (QED) is 0.910. The molecule has 0 saturated heterocycles. The normalized spacial score (nSPS) is 11.4. The van der Waals surface area contributed by atoms with E-state index in [1.807, 2.05) is 0 Å². The number of carbonyl (C=O) groups is 1. The highest BCUT2D eigenvalue weighted by atomic mass is 19.4. The molecular formula is C12H10F3N3O2. The van der Waals surface area contributed by atoms with E-state index in [0.29, 0.717) is 5.69 Å². The summed E-state index contributed by atoms with van der Waals surface area (Å²) < 4.78 is 39.5. The molecule has 2 rings (SSSR count). The summed E-state index contributed by atoms with van der Waals surface area (Å²) in [5.74, 6) is -1.63. The lowest BCUT2D eigenvalue weighted by Gasteiger charge is -2.12. The lowest BCUT2D eigenvalue weighted by Crippen LogP contribution is -2.13. The molecule has 0 fully saturated rings. The monoisotopic (exact) mass is 285 g/mol. The van der Waals surface area contributed by atoms with Crippen LogP contribution in [0.2, 0.25) is 0 Å². The van der Waals surface area contributed by atoms with E-state index in [-0.39, 0.29) is 5.69 Å². The maximum Gasteiger partial charge on any atom is 0.417 e. The van der Waals surface area contributed by atoms with Crippen LogP contribution in [0.25, 0.3) is 0 Å². The van der Waals surface area contributed by atoms with Crippen molar-refractivity contribution in [2.24, 2.45) is 7.05 Å². The SMILES string of the molecule is Cn1cc(Nc2ccc(C(F)(F)F)c(C(=O)O)c2)cn1.